The van der Waals surface area contributed by atoms with Crippen molar-refractivity contribution in [3.8, 4) is 0 Å². The average Bonchev–Trinajstić information content (AvgIpc) is 2.65. The molecule has 3 heteroatoms. The molecule has 0 heterocycles. The van der Waals surface area contributed by atoms with Crippen LogP contribution < -0.4 is 5.32 Å². The normalized spacial score (nSPS) is 17.4. The van der Waals surface area contributed by atoms with Crippen molar-refractivity contribution in [3.05, 3.63) is 33.8 Å². The molecule has 1 aliphatic rings. The van der Waals surface area contributed by atoms with Crippen molar-refractivity contribution < 1.29 is 0 Å². The molecule has 106 valence electrons. The fraction of sp³-hybridized carbons (Fsp3) is 0.625. The molecule has 0 radical (unpaired) electrons. The Bertz CT molecular complexity index is 384. The molecule has 1 saturated carbocycles. The maximum absolute atomic E-state index is 6.17. The second-order valence-electron chi connectivity index (χ2n) is 5.55. The number of nitrogens with one attached hydrogen (secondary N) is 1. The first-order chi connectivity index (χ1) is 9.25. The van der Waals surface area contributed by atoms with E-state index in [2.05, 4.69) is 5.32 Å². The molecular formula is C16H23Cl2N. The van der Waals surface area contributed by atoms with Crippen LogP contribution in [-0.2, 0) is 6.42 Å². The zero-order valence-corrected chi connectivity index (χ0v) is 12.9. The Labute approximate surface area is 126 Å². The molecule has 0 atom stereocenters. The van der Waals surface area contributed by atoms with Gasteiger partial charge in [-0.05, 0) is 56.0 Å². The van der Waals surface area contributed by atoms with Gasteiger partial charge in [-0.2, -0.15) is 0 Å². The molecule has 1 fully saturated rings. The Morgan fingerprint density at radius 2 is 1.79 bits per heavy atom. The second-order valence-corrected chi connectivity index (χ2v) is 6.39. The van der Waals surface area contributed by atoms with E-state index >= 15 is 0 Å². The summed E-state index contributed by atoms with van der Waals surface area (Å²) in [6, 6.07) is 5.76. The van der Waals surface area contributed by atoms with Gasteiger partial charge in [0.05, 0.1) is 0 Å². The largest absolute Gasteiger partial charge is 0.316 e. The van der Waals surface area contributed by atoms with E-state index < -0.39 is 0 Å². The summed E-state index contributed by atoms with van der Waals surface area (Å²) in [7, 11) is 0. The van der Waals surface area contributed by atoms with Crippen LogP contribution >= 0.6 is 23.2 Å². The van der Waals surface area contributed by atoms with Gasteiger partial charge < -0.3 is 5.32 Å². The summed E-state index contributed by atoms with van der Waals surface area (Å²) in [4.78, 5) is 0. The summed E-state index contributed by atoms with van der Waals surface area (Å²) < 4.78 is 0. The van der Waals surface area contributed by atoms with E-state index in [1.807, 2.05) is 18.2 Å². The standard InChI is InChI=1S/C16H23Cl2N/c17-15-8-7-14(16(18)11-15)9-10-19-12-13-5-3-1-2-4-6-13/h7-8,11,13,19H,1-6,9-10,12H2. The molecule has 0 amide bonds. The van der Waals surface area contributed by atoms with E-state index in [0.717, 1.165) is 30.5 Å². The molecule has 1 nitrogen and oxygen atoms in total. The number of hydrogen-bond donors (Lipinski definition) is 1. The summed E-state index contributed by atoms with van der Waals surface area (Å²) in [5.74, 6) is 0.878. The Balaban J connectivity index is 1.68. The monoisotopic (exact) mass is 299 g/mol. The Hall–Kier alpha value is -0.240. The lowest BCUT2D eigenvalue weighted by molar-refractivity contribution is 0.427. The molecule has 1 aromatic carbocycles. The molecule has 0 spiro atoms. The Kier molecular flexibility index (Phi) is 6.49. The van der Waals surface area contributed by atoms with Gasteiger partial charge in [0.15, 0.2) is 0 Å². The minimum Gasteiger partial charge on any atom is -0.316 e. The van der Waals surface area contributed by atoms with Gasteiger partial charge in [0.25, 0.3) is 0 Å². The average molecular weight is 300 g/mol. The first-order valence-electron chi connectivity index (χ1n) is 7.40. The third-order valence-corrected chi connectivity index (χ3v) is 4.58. The van der Waals surface area contributed by atoms with Gasteiger partial charge in [0.2, 0.25) is 0 Å². The van der Waals surface area contributed by atoms with Gasteiger partial charge in [-0.15, -0.1) is 0 Å². The Morgan fingerprint density at radius 3 is 2.47 bits per heavy atom. The lowest BCUT2D eigenvalue weighted by Gasteiger charge is -2.15. The van der Waals surface area contributed by atoms with Gasteiger partial charge in [-0.1, -0.05) is 55.0 Å². The van der Waals surface area contributed by atoms with Crippen LogP contribution in [-0.4, -0.2) is 13.1 Å². The minimum atomic E-state index is 0.708. The maximum Gasteiger partial charge on any atom is 0.0453 e. The summed E-state index contributed by atoms with van der Waals surface area (Å²) >= 11 is 12.1. The highest BCUT2D eigenvalue weighted by atomic mass is 35.5. The summed E-state index contributed by atoms with van der Waals surface area (Å²) in [5, 5.41) is 5.07. The third kappa shape index (κ3) is 5.33. The molecular weight excluding hydrogens is 277 g/mol. The molecule has 19 heavy (non-hydrogen) atoms. The quantitative estimate of drug-likeness (QED) is 0.589. The highest BCUT2D eigenvalue weighted by Gasteiger charge is 2.11. The molecule has 0 unspecified atom stereocenters. The first kappa shape index (κ1) is 15.2. The van der Waals surface area contributed by atoms with E-state index in [9.17, 15) is 0 Å². The highest BCUT2D eigenvalue weighted by Crippen LogP contribution is 2.23. The number of halogens is 2. The van der Waals surface area contributed by atoms with Gasteiger partial charge in [-0.3, -0.25) is 0 Å². The second kappa shape index (κ2) is 8.14. The summed E-state index contributed by atoms with van der Waals surface area (Å²) in [6.45, 7) is 2.16. The van der Waals surface area contributed by atoms with Crippen molar-refractivity contribution in [3.63, 3.8) is 0 Å². The molecule has 0 aromatic heterocycles. The fourth-order valence-electron chi connectivity index (χ4n) is 2.82. The van der Waals surface area contributed by atoms with Crippen LogP contribution in [0.3, 0.4) is 0 Å². The van der Waals surface area contributed by atoms with E-state index in [1.165, 1.54) is 44.1 Å². The zero-order chi connectivity index (χ0) is 13.5. The van der Waals surface area contributed by atoms with E-state index in [1.54, 1.807) is 0 Å². The molecule has 0 saturated heterocycles. The van der Waals surface area contributed by atoms with Crippen LogP contribution in [0, 0.1) is 5.92 Å². The van der Waals surface area contributed by atoms with Gasteiger partial charge in [0, 0.05) is 10.0 Å². The van der Waals surface area contributed by atoms with Crippen LogP contribution in [0.25, 0.3) is 0 Å². The minimum absolute atomic E-state index is 0.708. The molecule has 1 aliphatic carbocycles. The topological polar surface area (TPSA) is 12.0 Å². The molecule has 1 N–H and O–H groups in total. The zero-order valence-electron chi connectivity index (χ0n) is 11.4. The molecule has 0 bridgehead atoms. The van der Waals surface area contributed by atoms with Gasteiger partial charge >= 0.3 is 0 Å². The van der Waals surface area contributed by atoms with Crippen LogP contribution in [0.2, 0.25) is 10.0 Å². The SMILES string of the molecule is Clc1ccc(CCNCC2CCCCCC2)c(Cl)c1. The summed E-state index contributed by atoms with van der Waals surface area (Å²) in [5.41, 5.74) is 1.18. The molecule has 1 aromatic rings. The van der Waals surface area contributed by atoms with Crippen molar-refractivity contribution in [2.75, 3.05) is 13.1 Å². The molecule has 0 aliphatic heterocycles. The predicted octanol–water partition coefficient (Wildman–Crippen LogP) is 5.10. The lowest BCUT2D eigenvalue weighted by Crippen LogP contribution is -2.24. The van der Waals surface area contributed by atoms with Crippen LogP contribution in [0.4, 0.5) is 0 Å². The van der Waals surface area contributed by atoms with Crippen LogP contribution in [0.5, 0.6) is 0 Å². The van der Waals surface area contributed by atoms with Crippen molar-refractivity contribution in [2.45, 2.75) is 44.9 Å². The van der Waals surface area contributed by atoms with E-state index in [0.29, 0.717) is 5.02 Å². The summed E-state index contributed by atoms with van der Waals surface area (Å²) in [6.07, 6.45) is 9.45. The van der Waals surface area contributed by atoms with Crippen molar-refractivity contribution >= 4 is 23.2 Å². The van der Waals surface area contributed by atoms with Crippen molar-refractivity contribution in [1.82, 2.24) is 5.32 Å². The van der Waals surface area contributed by atoms with Crippen LogP contribution in [0.1, 0.15) is 44.1 Å². The van der Waals surface area contributed by atoms with Crippen LogP contribution in [0.15, 0.2) is 18.2 Å². The molecule has 2 rings (SSSR count). The highest BCUT2D eigenvalue weighted by molar-refractivity contribution is 6.35. The van der Waals surface area contributed by atoms with Crippen molar-refractivity contribution in [2.24, 2.45) is 5.92 Å². The van der Waals surface area contributed by atoms with Gasteiger partial charge in [0.1, 0.15) is 0 Å². The Morgan fingerprint density at radius 1 is 1.05 bits per heavy atom. The van der Waals surface area contributed by atoms with Crippen molar-refractivity contribution in [1.29, 1.82) is 0 Å². The van der Waals surface area contributed by atoms with Gasteiger partial charge in [-0.25, -0.2) is 0 Å². The third-order valence-electron chi connectivity index (χ3n) is 3.99. The smallest absolute Gasteiger partial charge is 0.0453 e. The first-order valence-corrected chi connectivity index (χ1v) is 8.16. The van der Waals surface area contributed by atoms with E-state index in [-0.39, 0.29) is 0 Å². The van der Waals surface area contributed by atoms with E-state index in [4.69, 9.17) is 23.2 Å². The lowest BCUT2D eigenvalue weighted by atomic mass is 10.0. The maximum atomic E-state index is 6.17. The predicted molar refractivity (Wildman–Crippen MR) is 84.2 cm³/mol. The number of rotatable bonds is 5. The number of benzene rings is 1. The number of hydrogen-bond acceptors (Lipinski definition) is 1. The fourth-order valence-corrected chi connectivity index (χ4v) is 3.32.